The third-order valence-corrected chi connectivity index (χ3v) is 4.34. The first-order valence-corrected chi connectivity index (χ1v) is 7.22. The molecule has 1 saturated heterocycles. The zero-order valence-corrected chi connectivity index (χ0v) is 11.3. The number of ether oxygens (including phenoxy) is 1. The first-order valence-electron chi connectivity index (χ1n) is 7.22. The predicted molar refractivity (Wildman–Crippen MR) is 69.6 cm³/mol. The second kappa shape index (κ2) is 6.53. The quantitative estimate of drug-likeness (QED) is 0.836. The molecule has 1 N–H and O–H groups in total. The molecular weight excluding hydrogens is 230 g/mol. The smallest absolute Gasteiger partial charge is 0.329 e. The maximum atomic E-state index is 10.5. The summed E-state index contributed by atoms with van der Waals surface area (Å²) < 4.78 is 5.37. The summed E-state index contributed by atoms with van der Waals surface area (Å²) >= 11 is 0. The van der Waals surface area contributed by atoms with Crippen molar-refractivity contribution in [2.24, 2.45) is 5.92 Å². The number of nitrogens with zero attached hydrogens (tertiary/aromatic N) is 1. The average Bonchev–Trinajstić information content (AvgIpc) is 2.37. The minimum absolute atomic E-state index is 0.148. The molecule has 4 heteroatoms. The fourth-order valence-electron chi connectivity index (χ4n) is 3.33. The van der Waals surface area contributed by atoms with Crippen molar-refractivity contribution in [3.63, 3.8) is 0 Å². The minimum atomic E-state index is -0.862. The first kappa shape index (κ1) is 13.8. The van der Waals surface area contributed by atoms with Crippen molar-refractivity contribution in [3.05, 3.63) is 0 Å². The molecule has 1 aliphatic carbocycles. The fraction of sp³-hybridized carbons (Fsp3) is 0.929. The van der Waals surface area contributed by atoms with Crippen LogP contribution in [0, 0.1) is 5.92 Å². The summed E-state index contributed by atoms with van der Waals surface area (Å²) in [5, 5.41) is 8.59. The SMILES string of the molecule is CC1CCCC(N2CCC(OCC(=O)O)CC2)C1. The van der Waals surface area contributed by atoms with E-state index >= 15 is 0 Å². The van der Waals surface area contributed by atoms with Crippen LogP contribution in [0.15, 0.2) is 0 Å². The van der Waals surface area contributed by atoms with Gasteiger partial charge < -0.3 is 14.7 Å². The number of carbonyl (C=O) groups is 1. The van der Waals surface area contributed by atoms with Gasteiger partial charge in [0.15, 0.2) is 0 Å². The van der Waals surface area contributed by atoms with Crippen LogP contribution in [-0.4, -0.2) is 47.8 Å². The summed E-state index contributed by atoms with van der Waals surface area (Å²) in [7, 11) is 0. The Morgan fingerprint density at radius 3 is 2.61 bits per heavy atom. The molecular formula is C14H25NO3. The standard InChI is InChI=1S/C14H25NO3/c1-11-3-2-4-12(9-11)15-7-5-13(6-8-15)18-10-14(16)17/h11-13H,2-10H2,1H3,(H,16,17). The fourth-order valence-corrected chi connectivity index (χ4v) is 3.33. The third kappa shape index (κ3) is 3.95. The number of likely N-dealkylation sites (tertiary alicyclic amines) is 1. The molecule has 1 heterocycles. The molecule has 1 saturated carbocycles. The lowest BCUT2D eigenvalue weighted by Crippen LogP contribution is -2.45. The minimum Gasteiger partial charge on any atom is -0.480 e. The lowest BCUT2D eigenvalue weighted by atomic mass is 9.85. The highest BCUT2D eigenvalue weighted by Crippen LogP contribution is 2.29. The monoisotopic (exact) mass is 255 g/mol. The topological polar surface area (TPSA) is 49.8 Å². The van der Waals surface area contributed by atoms with Crippen LogP contribution in [0.25, 0.3) is 0 Å². The van der Waals surface area contributed by atoms with E-state index in [9.17, 15) is 4.79 Å². The molecule has 2 unspecified atom stereocenters. The van der Waals surface area contributed by atoms with E-state index in [0.29, 0.717) is 0 Å². The van der Waals surface area contributed by atoms with E-state index in [4.69, 9.17) is 9.84 Å². The Bertz CT molecular complexity index is 274. The summed E-state index contributed by atoms with van der Waals surface area (Å²) in [6.45, 7) is 4.35. The van der Waals surface area contributed by atoms with E-state index in [1.54, 1.807) is 0 Å². The van der Waals surface area contributed by atoms with Gasteiger partial charge in [-0.3, -0.25) is 0 Å². The number of piperidine rings is 1. The van der Waals surface area contributed by atoms with Crippen molar-refractivity contribution in [2.75, 3.05) is 19.7 Å². The Kier molecular flexibility index (Phi) is 5.01. The van der Waals surface area contributed by atoms with E-state index in [-0.39, 0.29) is 12.7 Å². The molecule has 0 aromatic rings. The molecule has 0 bridgehead atoms. The number of rotatable bonds is 4. The Morgan fingerprint density at radius 1 is 1.28 bits per heavy atom. The lowest BCUT2D eigenvalue weighted by molar-refractivity contribution is -0.145. The van der Waals surface area contributed by atoms with Crippen LogP contribution in [0.3, 0.4) is 0 Å². The Morgan fingerprint density at radius 2 is 2.00 bits per heavy atom. The van der Waals surface area contributed by atoms with E-state index in [2.05, 4.69) is 11.8 Å². The molecule has 0 radical (unpaired) electrons. The van der Waals surface area contributed by atoms with Gasteiger partial charge in [0.2, 0.25) is 0 Å². The van der Waals surface area contributed by atoms with Gasteiger partial charge in [-0.2, -0.15) is 0 Å². The average molecular weight is 255 g/mol. The van der Waals surface area contributed by atoms with Crippen LogP contribution in [-0.2, 0) is 9.53 Å². The molecule has 2 aliphatic rings. The maximum Gasteiger partial charge on any atom is 0.329 e. The van der Waals surface area contributed by atoms with Crippen molar-refractivity contribution < 1.29 is 14.6 Å². The highest BCUT2D eigenvalue weighted by Gasteiger charge is 2.28. The zero-order chi connectivity index (χ0) is 13.0. The molecule has 0 spiro atoms. The van der Waals surface area contributed by atoms with E-state index in [0.717, 1.165) is 37.9 Å². The Hall–Kier alpha value is -0.610. The predicted octanol–water partition coefficient (Wildman–Crippen LogP) is 2.13. The van der Waals surface area contributed by atoms with Gasteiger partial charge in [0.1, 0.15) is 6.61 Å². The molecule has 1 aliphatic heterocycles. The van der Waals surface area contributed by atoms with Gasteiger partial charge in [0.25, 0.3) is 0 Å². The summed E-state index contributed by atoms with van der Waals surface area (Å²) in [5.74, 6) is 0.00303. The Labute approximate surface area is 109 Å². The highest BCUT2D eigenvalue weighted by molar-refractivity contribution is 5.68. The van der Waals surface area contributed by atoms with Crippen LogP contribution in [0.1, 0.15) is 45.4 Å². The number of aliphatic carboxylic acids is 1. The molecule has 0 aromatic carbocycles. The van der Waals surface area contributed by atoms with Crippen LogP contribution >= 0.6 is 0 Å². The molecule has 0 aromatic heterocycles. The van der Waals surface area contributed by atoms with Crippen molar-refractivity contribution in [1.82, 2.24) is 4.90 Å². The van der Waals surface area contributed by atoms with Crippen LogP contribution < -0.4 is 0 Å². The van der Waals surface area contributed by atoms with Gasteiger partial charge in [-0.15, -0.1) is 0 Å². The lowest BCUT2D eigenvalue weighted by Gasteiger charge is -2.40. The molecule has 104 valence electrons. The molecule has 2 rings (SSSR count). The summed E-state index contributed by atoms with van der Waals surface area (Å²) in [6.07, 6.45) is 7.54. The van der Waals surface area contributed by atoms with Gasteiger partial charge in [-0.05, 0) is 31.6 Å². The van der Waals surface area contributed by atoms with Crippen LogP contribution in [0.4, 0.5) is 0 Å². The van der Waals surface area contributed by atoms with Gasteiger partial charge in [-0.25, -0.2) is 4.79 Å². The molecule has 2 fully saturated rings. The van der Waals surface area contributed by atoms with Gasteiger partial charge in [0.05, 0.1) is 6.10 Å². The summed E-state index contributed by atoms with van der Waals surface area (Å²) in [6, 6.07) is 0.758. The molecule has 18 heavy (non-hydrogen) atoms. The molecule has 0 amide bonds. The van der Waals surface area contributed by atoms with Crippen LogP contribution in [0.2, 0.25) is 0 Å². The number of hydrogen-bond donors (Lipinski definition) is 1. The molecule has 2 atom stereocenters. The second-order valence-corrected chi connectivity index (χ2v) is 5.87. The van der Waals surface area contributed by atoms with E-state index < -0.39 is 5.97 Å². The summed E-state index contributed by atoms with van der Waals surface area (Å²) in [4.78, 5) is 13.0. The van der Waals surface area contributed by atoms with Gasteiger partial charge >= 0.3 is 5.97 Å². The highest BCUT2D eigenvalue weighted by atomic mass is 16.5. The zero-order valence-electron chi connectivity index (χ0n) is 11.3. The van der Waals surface area contributed by atoms with Gasteiger partial charge in [-0.1, -0.05) is 19.8 Å². The normalized spacial score (nSPS) is 31.4. The largest absolute Gasteiger partial charge is 0.480 e. The second-order valence-electron chi connectivity index (χ2n) is 5.87. The van der Waals surface area contributed by atoms with Crippen molar-refractivity contribution in [3.8, 4) is 0 Å². The number of carboxylic acids is 1. The first-order chi connectivity index (χ1) is 8.65. The third-order valence-electron chi connectivity index (χ3n) is 4.34. The van der Waals surface area contributed by atoms with E-state index in [1.165, 1.54) is 25.7 Å². The summed E-state index contributed by atoms with van der Waals surface area (Å²) in [5.41, 5.74) is 0. The number of carboxylic acid groups (broad SMARTS) is 1. The van der Waals surface area contributed by atoms with Gasteiger partial charge in [0, 0.05) is 19.1 Å². The molecule has 4 nitrogen and oxygen atoms in total. The van der Waals surface area contributed by atoms with Crippen LogP contribution in [0.5, 0.6) is 0 Å². The Balaban J connectivity index is 1.71. The van der Waals surface area contributed by atoms with Crippen molar-refractivity contribution in [2.45, 2.75) is 57.6 Å². The van der Waals surface area contributed by atoms with Crippen molar-refractivity contribution in [1.29, 1.82) is 0 Å². The van der Waals surface area contributed by atoms with Crippen molar-refractivity contribution >= 4 is 5.97 Å². The van der Waals surface area contributed by atoms with E-state index in [1.807, 2.05) is 0 Å². The number of hydrogen-bond acceptors (Lipinski definition) is 3. The maximum absolute atomic E-state index is 10.5.